The van der Waals surface area contributed by atoms with E-state index in [0.29, 0.717) is 30.2 Å². The second-order valence-electron chi connectivity index (χ2n) is 4.93. The van der Waals surface area contributed by atoms with E-state index in [1.54, 1.807) is 19.2 Å². The summed E-state index contributed by atoms with van der Waals surface area (Å²) in [7, 11) is 1.58. The molecule has 0 fully saturated rings. The highest BCUT2D eigenvalue weighted by Gasteiger charge is 2.09. The number of benzene rings is 2. The van der Waals surface area contributed by atoms with Gasteiger partial charge in [0.15, 0.2) is 0 Å². The van der Waals surface area contributed by atoms with Crippen molar-refractivity contribution >= 4 is 11.6 Å². The zero-order valence-corrected chi connectivity index (χ0v) is 13.0. The summed E-state index contributed by atoms with van der Waals surface area (Å²) >= 11 is 0. The largest absolute Gasteiger partial charge is 0.495 e. The summed E-state index contributed by atoms with van der Waals surface area (Å²) in [5.74, 6) is 1.29. The maximum absolute atomic E-state index is 11.8. The Kier molecular flexibility index (Phi) is 5.83. The fourth-order valence-electron chi connectivity index (χ4n) is 2.06. The molecule has 2 rings (SSSR count). The van der Waals surface area contributed by atoms with E-state index in [4.69, 9.17) is 9.47 Å². The van der Waals surface area contributed by atoms with Gasteiger partial charge in [-0.3, -0.25) is 4.79 Å². The van der Waals surface area contributed by atoms with Gasteiger partial charge in [-0.25, -0.2) is 0 Å². The quantitative estimate of drug-likeness (QED) is 0.840. The molecule has 0 saturated carbocycles. The third-order valence-electron chi connectivity index (χ3n) is 3.17. The van der Waals surface area contributed by atoms with Gasteiger partial charge < -0.3 is 14.8 Å². The molecule has 4 nitrogen and oxygen atoms in total. The van der Waals surface area contributed by atoms with Crippen LogP contribution in [-0.2, 0) is 11.4 Å². The first kappa shape index (κ1) is 15.9. The highest BCUT2D eigenvalue weighted by molar-refractivity contribution is 5.92. The number of carbonyl (C=O) groups excluding carboxylic acids is 1. The normalized spacial score (nSPS) is 10.1. The molecule has 0 spiro atoms. The molecule has 0 aliphatic carbocycles. The Balaban J connectivity index is 2.07. The zero-order valence-electron chi connectivity index (χ0n) is 13.0. The van der Waals surface area contributed by atoms with Crippen LogP contribution >= 0.6 is 0 Å². The van der Waals surface area contributed by atoms with Crippen LogP contribution in [0.3, 0.4) is 0 Å². The lowest BCUT2D eigenvalue weighted by molar-refractivity contribution is -0.116. The Morgan fingerprint density at radius 3 is 2.59 bits per heavy atom. The summed E-state index contributed by atoms with van der Waals surface area (Å²) in [6.45, 7) is 2.45. The molecule has 0 aliphatic rings. The van der Waals surface area contributed by atoms with Crippen molar-refractivity contribution in [1.29, 1.82) is 0 Å². The number of anilines is 1. The molecule has 2 aromatic carbocycles. The molecule has 4 heteroatoms. The fraction of sp³-hybridized carbons (Fsp3) is 0.278. The van der Waals surface area contributed by atoms with Crippen LogP contribution in [0.1, 0.15) is 25.3 Å². The number of rotatable bonds is 7. The van der Waals surface area contributed by atoms with Crippen molar-refractivity contribution in [2.45, 2.75) is 26.4 Å². The molecule has 0 heterocycles. The zero-order chi connectivity index (χ0) is 15.8. The average Bonchev–Trinajstić information content (AvgIpc) is 2.54. The van der Waals surface area contributed by atoms with Gasteiger partial charge in [0.05, 0.1) is 12.8 Å². The van der Waals surface area contributed by atoms with Crippen LogP contribution in [0.2, 0.25) is 0 Å². The molecule has 0 aliphatic heterocycles. The van der Waals surface area contributed by atoms with E-state index < -0.39 is 0 Å². The summed E-state index contributed by atoms with van der Waals surface area (Å²) in [6, 6.07) is 15.3. The number of carbonyl (C=O) groups is 1. The summed E-state index contributed by atoms with van der Waals surface area (Å²) in [5.41, 5.74) is 1.72. The third kappa shape index (κ3) is 4.52. The SMILES string of the molecule is CCCC(=O)Nc1cc(OCc2ccccc2)ccc1OC. The smallest absolute Gasteiger partial charge is 0.224 e. The third-order valence-corrected chi connectivity index (χ3v) is 3.17. The molecule has 1 N–H and O–H groups in total. The lowest BCUT2D eigenvalue weighted by atomic mass is 10.2. The van der Waals surface area contributed by atoms with Crippen molar-refractivity contribution in [3.63, 3.8) is 0 Å². The minimum atomic E-state index is -0.0268. The van der Waals surface area contributed by atoms with Gasteiger partial charge in [0.1, 0.15) is 18.1 Å². The van der Waals surface area contributed by atoms with Crippen molar-refractivity contribution in [1.82, 2.24) is 0 Å². The van der Waals surface area contributed by atoms with Crippen LogP contribution in [0, 0.1) is 0 Å². The summed E-state index contributed by atoms with van der Waals surface area (Å²) in [6.07, 6.45) is 1.29. The fourth-order valence-corrected chi connectivity index (χ4v) is 2.06. The molecule has 1 amide bonds. The van der Waals surface area contributed by atoms with E-state index in [2.05, 4.69) is 5.32 Å². The standard InChI is InChI=1S/C18H21NO3/c1-3-7-18(20)19-16-12-15(10-11-17(16)21-2)22-13-14-8-5-4-6-9-14/h4-6,8-12H,3,7,13H2,1-2H3,(H,19,20). The molecule has 0 radical (unpaired) electrons. The van der Waals surface area contributed by atoms with Crippen molar-refractivity contribution < 1.29 is 14.3 Å². The van der Waals surface area contributed by atoms with E-state index in [1.165, 1.54) is 0 Å². The van der Waals surface area contributed by atoms with Gasteiger partial charge in [-0.1, -0.05) is 37.3 Å². The lowest BCUT2D eigenvalue weighted by Gasteiger charge is -2.13. The first-order chi connectivity index (χ1) is 10.7. The molecule has 0 bridgehead atoms. The van der Waals surface area contributed by atoms with Gasteiger partial charge >= 0.3 is 0 Å². The Hall–Kier alpha value is -2.49. The summed E-state index contributed by atoms with van der Waals surface area (Å²) in [5, 5.41) is 2.86. The number of hydrogen-bond acceptors (Lipinski definition) is 3. The van der Waals surface area contributed by atoms with Crippen LogP contribution in [-0.4, -0.2) is 13.0 Å². The molecule has 2 aromatic rings. The predicted molar refractivity (Wildman–Crippen MR) is 87.3 cm³/mol. The number of nitrogens with one attached hydrogen (secondary N) is 1. The van der Waals surface area contributed by atoms with Gasteiger partial charge in [0, 0.05) is 12.5 Å². The van der Waals surface area contributed by atoms with Crippen LogP contribution in [0.15, 0.2) is 48.5 Å². The topological polar surface area (TPSA) is 47.6 Å². The molecular formula is C18H21NO3. The Morgan fingerprint density at radius 2 is 1.91 bits per heavy atom. The first-order valence-corrected chi connectivity index (χ1v) is 7.37. The number of amides is 1. The van der Waals surface area contributed by atoms with Crippen LogP contribution in [0.5, 0.6) is 11.5 Å². The molecule has 0 unspecified atom stereocenters. The molecule has 0 saturated heterocycles. The van der Waals surface area contributed by atoms with Gasteiger partial charge in [-0.2, -0.15) is 0 Å². The van der Waals surface area contributed by atoms with Crippen molar-refractivity contribution in [2.24, 2.45) is 0 Å². The molecule has 22 heavy (non-hydrogen) atoms. The van der Waals surface area contributed by atoms with Gasteiger partial charge in [0.25, 0.3) is 0 Å². The van der Waals surface area contributed by atoms with Crippen molar-refractivity contribution in [3.8, 4) is 11.5 Å². The minimum absolute atomic E-state index is 0.0268. The Bertz CT molecular complexity index is 611. The number of hydrogen-bond donors (Lipinski definition) is 1. The number of methoxy groups -OCH3 is 1. The monoisotopic (exact) mass is 299 g/mol. The van der Waals surface area contributed by atoms with Crippen LogP contribution in [0.25, 0.3) is 0 Å². The maximum atomic E-state index is 11.8. The van der Waals surface area contributed by atoms with Crippen LogP contribution < -0.4 is 14.8 Å². The Morgan fingerprint density at radius 1 is 1.14 bits per heavy atom. The average molecular weight is 299 g/mol. The van der Waals surface area contributed by atoms with Gasteiger partial charge in [0.2, 0.25) is 5.91 Å². The van der Waals surface area contributed by atoms with Crippen molar-refractivity contribution in [3.05, 3.63) is 54.1 Å². The van der Waals surface area contributed by atoms with Crippen LogP contribution in [0.4, 0.5) is 5.69 Å². The molecule has 0 aromatic heterocycles. The van der Waals surface area contributed by atoms with E-state index in [9.17, 15) is 4.79 Å². The minimum Gasteiger partial charge on any atom is -0.495 e. The number of ether oxygens (including phenoxy) is 2. The highest BCUT2D eigenvalue weighted by Crippen LogP contribution is 2.29. The first-order valence-electron chi connectivity index (χ1n) is 7.37. The van der Waals surface area contributed by atoms with E-state index in [0.717, 1.165) is 12.0 Å². The summed E-state index contributed by atoms with van der Waals surface area (Å²) in [4.78, 5) is 11.8. The van der Waals surface area contributed by atoms with E-state index in [1.807, 2.05) is 43.3 Å². The highest BCUT2D eigenvalue weighted by atomic mass is 16.5. The molecule has 0 atom stereocenters. The second-order valence-corrected chi connectivity index (χ2v) is 4.93. The van der Waals surface area contributed by atoms with Gasteiger partial charge in [-0.05, 0) is 24.1 Å². The predicted octanol–water partition coefficient (Wildman–Crippen LogP) is 4.01. The lowest BCUT2D eigenvalue weighted by Crippen LogP contribution is -2.11. The molecular weight excluding hydrogens is 278 g/mol. The van der Waals surface area contributed by atoms with E-state index >= 15 is 0 Å². The van der Waals surface area contributed by atoms with Crippen molar-refractivity contribution in [2.75, 3.05) is 12.4 Å². The summed E-state index contributed by atoms with van der Waals surface area (Å²) < 4.78 is 11.0. The second kappa shape index (κ2) is 8.08. The van der Waals surface area contributed by atoms with E-state index in [-0.39, 0.29) is 5.91 Å². The molecule has 116 valence electrons. The Labute approximate surface area is 131 Å². The van der Waals surface area contributed by atoms with Gasteiger partial charge in [-0.15, -0.1) is 0 Å². The maximum Gasteiger partial charge on any atom is 0.224 e.